The molecule has 16 heavy (non-hydrogen) atoms. The average Bonchev–Trinajstić information content (AvgIpc) is 2.40. The van der Waals surface area contributed by atoms with Crippen LogP contribution < -0.4 is 5.73 Å². The Balaban J connectivity index is 2.29. The van der Waals surface area contributed by atoms with Crippen molar-refractivity contribution in [2.45, 2.75) is 25.3 Å². The Morgan fingerprint density at radius 1 is 1.38 bits per heavy atom. The van der Waals surface area contributed by atoms with E-state index in [1.54, 1.807) is 0 Å². The van der Waals surface area contributed by atoms with Gasteiger partial charge in [-0.05, 0) is 41.9 Å². The summed E-state index contributed by atoms with van der Waals surface area (Å²) in [6, 6.07) is 0.441. The Morgan fingerprint density at radius 2 is 2.12 bits per heavy atom. The van der Waals surface area contributed by atoms with Crippen molar-refractivity contribution in [2.75, 3.05) is 5.73 Å². The molecule has 2 heterocycles. The number of aromatic nitrogens is 4. The Bertz CT molecular complexity index is 563. The number of fused-ring (bicyclic) bond motifs is 1. The molecule has 2 N–H and O–H groups in total. The minimum Gasteiger partial charge on any atom is -0.368 e. The van der Waals surface area contributed by atoms with Crippen molar-refractivity contribution in [3.05, 3.63) is 8.85 Å². The molecule has 1 aliphatic carbocycles. The molecule has 0 radical (unpaired) electrons. The van der Waals surface area contributed by atoms with Crippen LogP contribution in [0.15, 0.2) is 0 Å². The molecule has 3 rings (SSSR count). The molecule has 1 aliphatic rings. The summed E-state index contributed by atoms with van der Waals surface area (Å²) in [7, 11) is 0. The molecule has 0 bridgehead atoms. The van der Waals surface area contributed by atoms with Gasteiger partial charge in [0, 0.05) is 0 Å². The van der Waals surface area contributed by atoms with Gasteiger partial charge in [0.1, 0.15) is 8.85 Å². The summed E-state index contributed by atoms with van der Waals surface area (Å²) in [5.74, 6) is 0.203. The summed E-state index contributed by atoms with van der Waals surface area (Å²) in [4.78, 5) is 8.19. The lowest BCUT2D eigenvalue weighted by molar-refractivity contribution is 0.295. The average molecular weight is 350 g/mol. The van der Waals surface area contributed by atoms with Gasteiger partial charge < -0.3 is 5.73 Å². The smallest absolute Gasteiger partial charge is 0.223 e. The molecule has 7 heteroatoms. The maximum absolute atomic E-state index is 6.06. The zero-order valence-corrected chi connectivity index (χ0v) is 11.2. The van der Waals surface area contributed by atoms with Crippen molar-refractivity contribution >= 4 is 51.2 Å². The van der Waals surface area contributed by atoms with E-state index in [9.17, 15) is 0 Å². The zero-order chi connectivity index (χ0) is 11.3. The van der Waals surface area contributed by atoms with E-state index >= 15 is 0 Å². The molecular formula is C9H9ClIN5. The third-order valence-electron chi connectivity index (χ3n) is 2.90. The fraction of sp³-hybridized carbons (Fsp3) is 0.444. The van der Waals surface area contributed by atoms with Gasteiger partial charge in [-0.15, -0.1) is 0 Å². The number of hydrogen-bond donors (Lipinski definition) is 1. The van der Waals surface area contributed by atoms with Crippen LogP contribution in [0.1, 0.15) is 25.3 Å². The van der Waals surface area contributed by atoms with Crippen molar-refractivity contribution in [3.8, 4) is 0 Å². The topological polar surface area (TPSA) is 69.6 Å². The Hall–Kier alpha value is -0.630. The number of halogens is 2. The lowest BCUT2D eigenvalue weighted by atomic mass is 9.93. The molecular weight excluding hydrogens is 340 g/mol. The highest BCUT2D eigenvalue weighted by molar-refractivity contribution is 14.1. The van der Waals surface area contributed by atoms with Crippen LogP contribution >= 0.6 is 34.2 Å². The number of hydrogen-bond acceptors (Lipinski definition) is 4. The van der Waals surface area contributed by atoms with Crippen LogP contribution in [0, 0.1) is 3.70 Å². The second-order valence-corrected chi connectivity index (χ2v) is 5.27. The predicted octanol–water partition coefficient (Wildman–Crippen LogP) is 2.39. The molecule has 0 unspecified atom stereocenters. The third-order valence-corrected chi connectivity index (χ3v) is 3.93. The first-order valence-electron chi connectivity index (χ1n) is 5.03. The van der Waals surface area contributed by atoms with Crippen LogP contribution in [0.5, 0.6) is 0 Å². The van der Waals surface area contributed by atoms with Crippen molar-refractivity contribution in [1.29, 1.82) is 0 Å². The standard InChI is InChI=1S/C9H9ClIN5/c10-6-5-7(11)15-16(4-2-1-3-4)8(5)14-9(12)13-6/h4H,1-3H2,(H2,12,13,14). The van der Waals surface area contributed by atoms with Gasteiger partial charge in [0.25, 0.3) is 0 Å². The lowest BCUT2D eigenvalue weighted by Crippen LogP contribution is -2.18. The minimum atomic E-state index is 0.203. The van der Waals surface area contributed by atoms with Crippen molar-refractivity contribution in [3.63, 3.8) is 0 Å². The molecule has 0 atom stereocenters. The molecule has 5 nitrogen and oxygen atoms in total. The minimum absolute atomic E-state index is 0.203. The zero-order valence-electron chi connectivity index (χ0n) is 8.32. The second-order valence-electron chi connectivity index (χ2n) is 3.89. The van der Waals surface area contributed by atoms with E-state index in [2.05, 4.69) is 37.7 Å². The quantitative estimate of drug-likeness (QED) is 0.634. The van der Waals surface area contributed by atoms with Gasteiger partial charge in [0.05, 0.1) is 11.4 Å². The second kappa shape index (κ2) is 3.69. The largest absolute Gasteiger partial charge is 0.368 e. The van der Waals surface area contributed by atoms with E-state index < -0.39 is 0 Å². The highest BCUT2D eigenvalue weighted by atomic mass is 127. The molecule has 1 fully saturated rings. The van der Waals surface area contributed by atoms with Crippen molar-refractivity contribution in [2.24, 2.45) is 0 Å². The Morgan fingerprint density at radius 3 is 2.75 bits per heavy atom. The Kier molecular flexibility index (Phi) is 2.43. The summed E-state index contributed by atoms with van der Waals surface area (Å²) >= 11 is 8.21. The van der Waals surface area contributed by atoms with Crippen LogP contribution in [0.25, 0.3) is 11.0 Å². The summed E-state index contributed by atoms with van der Waals surface area (Å²) in [5, 5.41) is 5.67. The summed E-state index contributed by atoms with van der Waals surface area (Å²) in [6.07, 6.45) is 3.54. The van der Waals surface area contributed by atoms with Gasteiger partial charge in [0.15, 0.2) is 5.65 Å². The van der Waals surface area contributed by atoms with Crippen LogP contribution in [0.2, 0.25) is 5.15 Å². The van der Waals surface area contributed by atoms with Gasteiger partial charge in [-0.3, -0.25) is 0 Å². The highest BCUT2D eigenvalue weighted by Gasteiger charge is 2.25. The van der Waals surface area contributed by atoms with Crippen molar-refractivity contribution in [1.82, 2.24) is 19.7 Å². The molecule has 0 aliphatic heterocycles. The fourth-order valence-corrected chi connectivity index (χ4v) is 3.01. The molecule has 0 spiro atoms. The first kappa shape index (κ1) is 10.5. The van der Waals surface area contributed by atoms with E-state index in [-0.39, 0.29) is 5.95 Å². The Labute approximate surface area is 111 Å². The van der Waals surface area contributed by atoms with Gasteiger partial charge >= 0.3 is 0 Å². The highest BCUT2D eigenvalue weighted by Crippen LogP contribution is 2.35. The molecule has 0 amide bonds. The SMILES string of the molecule is Nc1nc(Cl)c2c(I)nn(C3CCC3)c2n1. The van der Waals surface area contributed by atoms with Crippen molar-refractivity contribution < 1.29 is 0 Å². The number of anilines is 1. The van der Waals surface area contributed by atoms with E-state index in [0.29, 0.717) is 11.2 Å². The molecule has 84 valence electrons. The first-order chi connectivity index (χ1) is 7.66. The maximum Gasteiger partial charge on any atom is 0.223 e. The first-order valence-corrected chi connectivity index (χ1v) is 6.49. The van der Waals surface area contributed by atoms with Crippen LogP contribution in [0.3, 0.4) is 0 Å². The van der Waals surface area contributed by atoms with E-state index in [1.165, 1.54) is 6.42 Å². The third kappa shape index (κ3) is 1.46. The molecule has 0 aromatic carbocycles. The van der Waals surface area contributed by atoms with Crippen LogP contribution in [-0.4, -0.2) is 19.7 Å². The predicted molar refractivity (Wildman–Crippen MR) is 70.4 cm³/mol. The molecule has 1 saturated carbocycles. The van der Waals surface area contributed by atoms with Gasteiger partial charge in [-0.1, -0.05) is 11.6 Å². The molecule has 0 saturated heterocycles. The molecule has 2 aromatic heterocycles. The van der Waals surface area contributed by atoms with E-state index in [4.69, 9.17) is 17.3 Å². The van der Waals surface area contributed by atoms with Gasteiger partial charge in [0.2, 0.25) is 5.95 Å². The van der Waals surface area contributed by atoms with Gasteiger partial charge in [-0.25, -0.2) is 9.67 Å². The maximum atomic E-state index is 6.06. The van der Waals surface area contributed by atoms with E-state index in [0.717, 1.165) is 27.6 Å². The molecule has 2 aromatic rings. The number of nitrogen functional groups attached to an aromatic ring is 1. The monoisotopic (exact) mass is 349 g/mol. The number of nitrogens with two attached hydrogens (primary N) is 1. The lowest BCUT2D eigenvalue weighted by Gasteiger charge is -2.25. The normalized spacial score (nSPS) is 16.6. The summed E-state index contributed by atoms with van der Waals surface area (Å²) in [5.41, 5.74) is 6.37. The summed E-state index contributed by atoms with van der Waals surface area (Å²) < 4.78 is 2.77. The summed E-state index contributed by atoms with van der Waals surface area (Å²) in [6.45, 7) is 0. The number of nitrogens with zero attached hydrogens (tertiary/aromatic N) is 4. The fourth-order valence-electron chi connectivity index (χ4n) is 1.86. The number of rotatable bonds is 1. The van der Waals surface area contributed by atoms with Crippen LogP contribution in [0.4, 0.5) is 5.95 Å². The van der Waals surface area contributed by atoms with E-state index in [1.807, 2.05) is 4.68 Å². The van der Waals surface area contributed by atoms with Crippen LogP contribution in [-0.2, 0) is 0 Å². The van der Waals surface area contributed by atoms with Gasteiger partial charge in [-0.2, -0.15) is 10.1 Å².